The highest BCUT2D eigenvalue weighted by Crippen LogP contribution is 2.23. The molecule has 0 aromatic heterocycles. The lowest BCUT2D eigenvalue weighted by Gasteiger charge is -2.15. The monoisotopic (exact) mass is 477 g/mol. The summed E-state index contributed by atoms with van der Waals surface area (Å²) in [4.78, 5) is 38.4. The van der Waals surface area contributed by atoms with E-state index in [0.717, 1.165) is 56.5 Å². The van der Waals surface area contributed by atoms with E-state index in [0.29, 0.717) is 18.8 Å². The predicted molar refractivity (Wildman–Crippen MR) is 135 cm³/mol. The van der Waals surface area contributed by atoms with Crippen molar-refractivity contribution in [3.8, 4) is 11.5 Å². The molecule has 1 saturated heterocycles. The Labute approximate surface area is 207 Å². The number of amides is 1. The number of carbonyl (C=O) groups is 3. The van der Waals surface area contributed by atoms with E-state index in [9.17, 15) is 14.4 Å². The van der Waals surface area contributed by atoms with E-state index >= 15 is 0 Å². The highest BCUT2D eigenvalue weighted by Gasteiger charge is 2.29. The molecule has 0 spiro atoms. The topological polar surface area (TPSA) is 72.9 Å². The number of allylic oxidation sites excluding steroid dienone is 1. The molecule has 0 radical (unpaired) electrons. The van der Waals surface area contributed by atoms with Gasteiger partial charge in [-0.1, -0.05) is 49.2 Å². The quantitative estimate of drug-likeness (QED) is 0.204. The number of rotatable bonds is 14. The number of para-hydroxylation sites is 1. The minimum Gasteiger partial charge on any atom is -0.466 e. The van der Waals surface area contributed by atoms with E-state index in [-0.39, 0.29) is 30.0 Å². The maximum Gasteiger partial charge on any atom is 0.305 e. The first-order chi connectivity index (χ1) is 17.0. The zero-order valence-electron chi connectivity index (χ0n) is 20.5. The van der Waals surface area contributed by atoms with Crippen LogP contribution in [0.15, 0.2) is 66.7 Å². The van der Waals surface area contributed by atoms with Crippen LogP contribution in [0.5, 0.6) is 11.5 Å². The lowest BCUT2D eigenvalue weighted by atomic mass is 10.0. The molecule has 0 saturated carbocycles. The first-order valence-electron chi connectivity index (χ1n) is 12.5. The van der Waals surface area contributed by atoms with E-state index in [1.54, 1.807) is 12.2 Å². The summed E-state index contributed by atoms with van der Waals surface area (Å²) in [7, 11) is 0. The number of ether oxygens (including phenoxy) is 2. The second-order valence-electron chi connectivity index (χ2n) is 8.75. The number of nitrogens with zero attached hydrogens (tertiary/aromatic N) is 1. The third-order valence-electron chi connectivity index (χ3n) is 5.97. The van der Waals surface area contributed by atoms with Crippen LogP contribution < -0.4 is 4.74 Å². The molecule has 3 rings (SSSR count). The summed E-state index contributed by atoms with van der Waals surface area (Å²) in [6, 6.07) is 17.0. The molecule has 35 heavy (non-hydrogen) atoms. The fraction of sp³-hybridized carbons (Fsp3) is 0.414. The van der Waals surface area contributed by atoms with Gasteiger partial charge in [-0.15, -0.1) is 0 Å². The number of carbonyl (C=O) groups excluding carboxylic acids is 3. The van der Waals surface area contributed by atoms with Gasteiger partial charge in [0.05, 0.1) is 12.5 Å². The number of benzene rings is 2. The van der Waals surface area contributed by atoms with E-state index < -0.39 is 0 Å². The summed E-state index contributed by atoms with van der Waals surface area (Å²) in [6.07, 6.45) is 8.45. The van der Waals surface area contributed by atoms with Crippen molar-refractivity contribution in [2.75, 3.05) is 19.7 Å². The Hall–Kier alpha value is -3.41. The molecule has 6 heteroatoms. The van der Waals surface area contributed by atoms with Crippen molar-refractivity contribution < 1.29 is 23.9 Å². The van der Waals surface area contributed by atoms with Crippen LogP contribution in [0.2, 0.25) is 0 Å². The van der Waals surface area contributed by atoms with E-state index in [1.165, 1.54) is 0 Å². The maximum absolute atomic E-state index is 12.7. The van der Waals surface area contributed by atoms with Gasteiger partial charge in [0.15, 0.2) is 5.78 Å². The summed E-state index contributed by atoms with van der Waals surface area (Å²) in [6.45, 7) is 3.69. The second-order valence-corrected chi connectivity index (χ2v) is 8.75. The van der Waals surface area contributed by atoms with Gasteiger partial charge in [-0.05, 0) is 62.1 Å². The van der Waals surface area contributed by atoms with Gasteiger partial charge >= 0.3 is 5.97 Å². The molecule has 0 aliphatic carbocycles. The fourth-order valence-electron chi connectivity index (χ4n) is 4.15. The van der Waals surface area contributed by atoms with E-state index in [1.807, 2.05) is 66.4 Å². The zero-order chi connectivity index (χ0) is 24.9. The van der Waals surface area contributed by atoms with Crippen molar-refractivity contribution in [1.82, 2.24) is 4.90 Å². The standard InChI is InChI=1S/C29H35NO5/c1-2-34-28(32)15-8-3-4-9-19-30-20-18-24(29(30)33)16-17-25(31)21-23-11-10-14-27(22-23)35-26-12-6-5-7-13-26/h5-7,10-14,16-17,22,24H,2-4,8-9,15,18-21H2,1H3. The van der Waals surface area contributed by atoms with E-state index in [4.69, 9.17) is 9.47 Å². The van der Waals surface area contributed by atoms with Crippen LogP contribution in [0.25, 0.3) is 0 Å². The summed E-state index contributed by atoms with van der Waals surface area (Å²) in [5, 5.41) is 0. The van der Waals surface area contributed by atoms with Crippen molar-refractivity contribution >= 4 is 17.7 Å². The van der Waals surface area contributed by atoms with Gasteiger partial charge in [0.1, 0.15) is 11.5 Å². The van der Waals surface area contributed by atoms with Gasteiger partial charge in [-0.3, -0.25) is 14.4 Å². The van der Waals surface area contributed by atoms with Crippen LogP contribution in [0, 0.1) is 5.92 Å². The summed E-state index contributed by atoms with van der Waals surface area (Å²) >= 11 is 0. The van der Waals surface area contributed by atoms with Crippen molar-refractivity contribution in [3.05, 3.63) is 72.3 Å². The highest BCUT2D eigenvalue weighted by atomic mass is 16.5. The maximum atomic E-state index is 12.7. The Balaban J connectivity index is 1.38. The number of unbranched alkanes of at least 4 members (excludes halogenated alkanes) is 3. The smallest absolute Gasteiger partial charge is 0.305 e. The first-order valence-corrected chi connectivity index (χ1v) is 12.5. The first kappa shape index (κ1) is 26.2. The molecule has 1 aliphatic rings. The number of likely N-dealkylation sites (tertiary alicyclic amines) is 1. The molecule has 1 amide bonds. The summed E-state index contributed by atoms with van der Waals surface area (Å²) < 4.78 is 10.8. The number of hydrogen-bond acceptors (Lipinski definition) is 5. The van der Waals surface area contributed by atoms with Crippen molar-refractivity contribution in [3.63, 3.8) is 0 Å². The third kappa shape index (κ3) is 9.04. The average molecular weight is 478 g/mol. The molecular formula is C29H35NO5. The Kier molecular flexibility index (Phi) is 10.6. The van der Waals surface area contributed by atoms with Crippen LogP contribution in [0.1, 0.15) is 51.0 Å². The average Bonchev–Trinajstić information content (AvgIpc) is 3.20. The number of esters is 1. The van der Waals surface area contributed by atoms with Gasteiger partial charge < -0.3 is 14.4 Å². The highest BCUT2D eigenvalue weighted by molar-refractivity contribution is 5.92. The van der Waals surface area contributed by atoms with Gasteiger partial charge in [-0.2, -0.15) is 0 Å². The second kappa shape index (κ2) is 14.1. The Morgan fingerprint density at radius 2 is 1.77 bits per heavy atom. The number of ketones is 1. The van der Waals surface area contributed by atoms with Gasteiger partial charge in [0.2, 0.25) is 5.91 Å². The molecule has 1 heterocycles. The molecule has 0 N–H and O–H groups in total. The van der Waals surface area contributed by atoms with Crippen molar-refractivity contribution in [1.29, 1.82) is 0 Å². The Bertz CT molecular complexity index is 1000. The summed E-state index contributed by atoms with van der Waals surface area (Å²) in [5.41, 5.74) is 0.871. The normalized spacial score (nSPS) is 15.5. The van der Waals surface area contributed by atoms with Crippen LogP contribution in [-0.4, -0.2) is 42.3 Å². The largest absolute Gasteiger partial charge is 0.466 e. The van der Waals surface area contributed by atoms with Crippen LogP contribution in [0.4, 0.5) is 0 Å². The van der Waals surface area contributed by atoms with Crippen LogP contribution in [-0.2, 0) is 25.5 Å². The zero-order valence-corrected chi connectivity index (χ0v) is 20.5. The summed E-state index contributed by atoms with van der Waals surface area (Å²) in [5.74, 6) is 1.13. The van der Waals surface area contributed by atoms with Crippen molar-refractivity contribution in [2.45, 2.75) is 51.9 Å². The molecule has 0 bridgehead atoms. The van der Waals surface area contributed by atoms with Crippen LogP contribution >= 0.6 is 0 Å². The molecule has 1 unspecified atom stereocenters. The molecule has 186 valence electrons. The molecule has 1 aliphatic heterocycles. The van der Waals surface area contributed by atoms with Crippen molar-refractivity contribution in [2.24, 2.45) is 5.92 Å². The molecule has 6 nitrogen and oxygen atoms in total. The Morgan fingerprint density at radius 3 is 2.57 bits per heavy atom. The minimum atomic E-state index is -0.226. The third-order valence-corrected chi connectivity index (χ3v) is 5.97. The Morgan fingerprint density at radius 1 is 1.00 bits per heavy atom. The van der Waals surface area contributed by atoms with Crippen LogP contribution in [0.3, 0.4) is 0 Å². The van der Waals surface area contributed by atoms with Gasteiger partial charge in [0, 0.05) is 25.9 Å². The molecule has 2 aromatic rings. The lowest BCUT2D eigenvalue weighted by molar-refractivity contribution is -0.143. The van der Waals surface area contributed by atoms with Gasteiger partial charge in [0.25, 0.3) is 0 Å². The fourth-order valence-corrected chi connectivity index (χ4v) is 4.15. The lowest BCUT2D eigenvalue weighted by Crippen LogP contribution is -2.28. The molecule has 1 fully saturated rings. The molecule has 2 aromatic carbocycles. The molecule has 1 atom stereocenters. The number of hydrogen-bond donors (Lipinski definition) is 0. The minimum absolute atomic E-state index is 0.0327. The van der Waals surface area contributed by atoms with Gasteiger partial charge in [-0.25, -0.2) is 0 Å². The predicted octanol–water partition coefficient (Wildman–Crippen LogP) is 5.51. The molecular weight excluding hydrogens is 442 g/mol. The van der Waals surface area contributed by atoms with E-state index in [2.05, 4.69) is 0 Å². The SMILES string of the molecule is CCOC(=O)CCCCCCN1CCC(C=CC(=O)Cc2cccc(Oc3ccccc3)c2)C1=O.